The van der Waals surface area contributed by atoms with Crippen LogP contribution in [0, 0.1) is 0 Å². The summed E-state index contributed by atoms with van der Waals surface area (Å²) in [5.74, 6) is -0.442. The highest BCUT2D eigenvalue weighted by molar-refractivity contribution is 5.92. The third-order valence-corrected chi connectivity index (χ3v) is 2.34. The molecule has 98 valence electrons. The van der Waals surface area contributed by atoms with E-state index in [-0.39, 0.29) is 6.04 Å². The minimum absolute atomic E-state index is 0.160. The van der Waals surface area contributed by atoms with Crippen molar-refractivity contribution in [2.75, 3.05) is 20.1 Å². The van der Waals surface area contributed by atoms with Crippen molar-refractivity contribution in [2.45, 2.75) is 6.04 Å². The zero-order valence-corrected chi connectivity index (χ0v) is 10.0. The summed E-state index contributed by atoms with van der Waals surface area (Å²) in [6, 6.07) is 3.45. The zero-order valence-electron chi connectivity index (χ0n) is 10.0. The number of amides is 2. The maximum absolute atomic E-state index is 10.4. The van der Waals surface area contributed by atoms with Gasteiger partial charge in [0, 0.05) is 25.5 Å². The molecule has 4 N–H and O–H groups in total. The molecule has 0 unspecified atom stereocenters. The third kappa shape index (κ3) is 4.79. The number of nitrogens with two attached hydrogens (primary N) is 1. The number of hydrogen-bond donors (Lipinski definition) is 3. The molecule has 0 spiro atoms. The predicted octanol–water partition coefficient (Wildman–Crippen LogP) is -0.251. The van der Waals surface area contributed by atoms with Crippen LogP contribution >= 0.6 is 0 Å². The van der Waals surface area contributed by atoms with Gasteiger partial charge in [0.2, 0.25) is 5.91 Å². The molecule has 0 aliphatic carbocycles. The van der Waals surface area contributed by atoms with Gasteiger partial charge in [0.25, 0.3) is 0 Å². The molecule has 2 amide bonds. The Morgan fingerprint density at radius 3 is 2.56 bits per heavy atom. The second-order valence-corrected chi connectivity index (χ2v) is 3.97. The lowest BCUT2D eigenvalue weighted by atomic mass is 10.1. The monoisotopic (exact) mass is 252 g/mol. The van der Waals surface area contributed by atoms with E-state index in [9.17, 15) is 9.59 Å². The van der Waals surface area contributed by atoms with Gasteiger partial charge in [-0.05, 0) is 19.2 Å². The van der Waals surface area contributed by atoms with Gasteiger partial charge in [-0.1, -0.05) is 0 Å². The van der Waals surface area contributed by atoms with Crippen molar-refractivity contribution in [1.82, 2.24) is 15.2 Å². The molecule has 2 rings (SSSR count). The molecule has 1 aliphatic heterocycles. The minimum Gasteiger partial charge on any atom is -0.465 e. The molecule has 1 aromatic rings. The molecule has 0 saturated carbocycles. The van der Waals surface area contributed by atoms with E-state index < -0.39 is 12.0 Å². The summed E-state index contributed by atoms with van der Waals surface area (Å²) in [7, 11) is 1.96. The molecule has 0 bridgehead atoms. The number of carbonyl (C=O) groups excluding carboxylic acids is 1. The number of carboxylic acid groups (broad SMARTS) is 1. The molecule has 7 nitrogen and oxygen atoms in total. The van der Waals surface area contributed by atoms with Crippen molar-refractivity contribution in [3.05, 3.63) is 30.1 Å². The van der Waals surface area contributed by atoms with Gasteiger partial charge >= 0.3 is 6.09 Å². The van der Waals surface area contributed by atoms with Crippen molar-refractivity contribution in [3.8, 4) is 0 Å². The number of likely N-dealkylation sites (N-methyl/N-ethyl adjacent to an activating group) is 1. The lowest BCUT2D eigenvalue weighted by Gasteiger charge is -2.35. The number of hydrogen-bond acceptors (Lipinski definition) is 4. The Morgan fingerprint density at radius 1 is 1.56 bits per heavy atom. The molecule has 0 atom stereocenters. The predicted molar refractivity (Wildman–Crippen MR) is 65.2 cm³/mol. The van der Waals surface area contributed by atoms with Gasteiger partial charge in [0.1, 0.15) is 0 Å². The average Bonchev–Trinajstić information content (AvgIpc) is 2.28. The Bertz CT molecular complexity index is 404. The van der Waals surface area contributed by atoms with Gasteiger partial charge in [-0.3, -0.25) is 9.78 Å². The van der Waals surface area contributed by atoms with Gasteiger partial charge in [-0.15, -0.1) is 0 Å². The highest BCUT2D eigenvalue weighted by atomic mass is 16.4. The SMILES string of the molecule is CN1CC(NC(=O)O)C1.NC(=O)c1cccnc1. The standard InChI is InChI=1S/C6H6N2O.C5H10N2O2/c7-6(9)5-2-1-3-8-4-5;1-7-2-4(3-7)6-5(8)9/h1-4H,(H2,7,9);4,6H,2-3H2,1H3,(H,8,9). The first-order chi connectivity index (χ1) is 8.49. The summed E-state index contributed by atoms with van der Waals surface area (Å²) in [6.07, 6.45) is 2.10. The first-order valence-electron chi connectivity index (χ1n) is 5.37. The molecular formula is C11H16N4O3. The number of pyridine rings is 1. The van der Waals surface area contributed by atoms with E-state index >= 15 is 0 Å². The zero-order chi connectivity index (χ0) is 13.5. The van der Waals surface area contributed by atoms with Crippen molar-refractivity contribution >= 4 is 12.0 Å². The van der Waals surface area contributed by atoms with Crippen LogP contribution in [-0.2, 0) is 0 Å². The minimum atomic E-state index is -0.923. The van der Waals surface area contributed by atoms with Gasteiger partial charge < -0.3 is 21.1 Å². The fraction of sp³-hybridized carbons (Fsp3) is 0.364. The maximum atomic E-state index is 10.4. The number of carbonyl (C=O) groups is 2. The van der Waals surface area contributed by atoms with Crippen molar-refractivity contribution < 1.29 is 14.7 Å². The summed E-state index contributed by atoms with van der Waals surface area (Å²) in [5, 5.41) is 10.6. The molecule has 1 aliphatic rings. The fourth-order valence-corrected chi connectivity index (χ4v) is 1.47. The van der Waals surface area contributed by atoms with Crippen LogP contribution in [0.1, 0.15) is 10.4 Å². The molecule has 1 saturated heterocycles. The summed E-state index contributed by atoms with van der Waals surface area (Å²) < 4.78 is 0. The van der Waals surface area contributed by atoms with E-state index in [2.05, 4.69) is 15.2 Å². The molecule has 0 radical (unpaired) electrons. The average molecular weight is 252 g/mol. The molecule has 2 heterocycles. The lowest BCUT2D eigenvalue weighted by molar-refractivity contribution is 0.1000. The van der Waals surface area contributed by atoms with Crippen LogP contribution < -0.4 is 11.1 Å². The Labute approximate surface area is 105 Å². The van der Waals surface area contributed by atoms with Crippen LogP contribution in [-0.4, -0.2) is 53.2 Å². The van der Waals surface area contributed by atoms with Gasteiger partial charge in [0.15, 0.2) is 0 Å². The van der Waals surface area contributed by atoms with Gasteiger partial charge in [-0.25, -0.2) is 4.79 Å². The van der Waals surface area contributed by atoms with Gasteiger partial charge in [0.05, 0.1) is 11.6 Å². The first kappa shape index (κ1) is 13.9. The second-order valence-electron chi connectivity index (χ2n) is 3.97. The van der Waals surface area contributed by atoms with Gasteiger partial charge in [-0.2, -0.15) is 0 Å². The van der Waals surface area contributed by atoms with E-state index in [1.54, 1.807) is 18.3 Å². The van der Waals surface area contributed by atoms with Crippen LogP contribution in [0.5, 0.6) is 0 Å². The van der Waals surface area contributed by atoms with E-state index in [1.807, 2.05) is 7.05 Å². The number of rotatable bonds is 2. The van der Waals surface area contributed by atoms with E-state index in [0.29, 0.717) is 5.56 Å². The Kier molecular flexibility index (Phi) is 5.06. The number of likely N-dealkylation sites (tertiary alicyclic amines) is 1. The summed E-state index contributed by atoms with van der Waals surface area (Å²) >= 11 is 0. The normalized spacial score (nSPS) is 14.9. The van der Waals surface area contributed by atoms with Crippen LogP contribution in [0.3, 0.4) is 0 Å². The fourth-order valence-electron chi connectivity index (χ4n) is 1.47. The summed E-state index contributed by atoms with van der Waals surface area (Å²) in [6.45, 7) is 1.68. The van der Waals surface area contributed by atoms with Crippen LogP contribution in [0.2, 0.25) is 0 Å². The Morgan fingerprint density at radius 2 is 2.22 bits per heavy atom. The van der Waals surface area contributed by atoms with Crippen LogP contribution in [0.25, 0.3) is 0 Å². The Hall–Kier alpha value is -2.15. The highest BCUT2D eigenvalue weighted by Gasteiger charge is 2.23. The number of aromatic nitrogens is 1. The van der Waals surface area contributed by atoms with E-state index in [1.165, 1.54) is 6.20 Å². The van der Waals surface area contributed by atoms with Crippen molar-refractivity contribution in [3.63, 3.8) is 0 Å². The van der Waals surface area contributed by atoms with E-state index in [0.717, 1.165) is 13.1 Å². The maximum Gasteiger partial charge on any atom is 0.404 e. The molecule has 0 aromatic carbocycles. The number of nitrogens with one attached hydrogen (secondary N) is 1. The smallest absolute Gasteiger partial charge is 0.404 e. The van der Waals surface area contributed by atoms with Crippen LogP contribution in [0.15, 0.2) is 24.5 Å². The number of primary amides is 1. The van der Waals surface area contributed by atoms with E-state index in [4.69, 9.17) is 10.8 Å². The quantitative estimate of drug-likeness (QED) is 0.672. The Balaban J connectivity index is 0.000000180. The molecule has 18 heavy (non-hydrogen) atoms. The second kappa shape index (κ2) is 6.55. The summed E-state index contributed by atoms with van der Waals surface area (Å²) in [5.41, 5.74) is 5.38. The topological polar surface area (TPSA) is 109 Å². The third-order valence-electron chi connectivity index (χ3n) is 2.34. The number of nitrogens with zero attached hydrogens (tertiary/aromatic N) is 2. The molecule has 1 fully saturated rings. The summed E-state index contributed by atoms with van der Waals surface area (Å²) in [4.78, 5) is 26.1. The molecule has 7 heteroatoms. The lowest BCUT2D eigenvalue weighted by Crippen LogP contribution is -2.57. The van der Waals surface area contributed by atoms with Crippen LogP contribution in [0.4, 0.5) is 4.79 Å². The van der Waals surface area contributed by atoms with Crippen molar-refractivity contribution in [2.24, 2.45) is 5.73 Å². The highest BCUT2D eigenvalue weighted by Crippen LogP contribution is 2.02. The largest absolute Gasteiger partial charge is 0.465 e. The molecular weight excluding hydrogens is 236 g/mol. The van der Waals surface area contributed by atoms with Crippen molar-refractivity contribution in [1.29, 1.82) is 0 Å². The molecule has 1 aromatic heterocycles. The first-order valence-corrected chi connectivity index (χ1v) is 5.37.